The highest BCUT2D eigenvalue weighted by atomic mass is 127. The van der Waals surface area contributed by atoms with Crippen LogP contribution in [0.15, 0.2) is 0 Å². The molecule has 1 heterocycles. The van der Waals surface area contributed by atoms with Crippen LogP contribution in [0.2, 0.25) is 0 Å². The van der Waals surface area contributed by atoms with Crippen LogP contribution >= 0.6 is 22.6 Å². The fourth-order valence-electron chi connectivity index (χ4n) is 6.48. The van der Waals surface area contributed by atoms with Gasteiger partial charge >= 0.3 is 0 Å². The molecule has 0 spiro atoms. The van der Waals surface area contributed by atoms with Crippen molar-refractivity contribution < 1.29 is 4.48 Å². The third kappa shape index (κ3) is 18.9. The number of quaternary nitrogens is 1. The van der Waals surface area contributed by atoms with Crippen LogP contribution in [-0.4, -0.2) is 28.2 Å². The smallest absolute Gasteiger partial charge is 0.139 e. The van der Waals surface area contributed by atoms with Gasteiger partial charge in [0, 0.05) is 19.3 Å². The molecular weight excluding hydrogens is 549 g/mol. The first-order chi connectivity index (χ1) is 17.7. The van der Waals surface area contributed by atoms with Gasteiger partial charge in [0.05, 0.1) is 19.6 Å². The molecule has 0 aliphatic carbocycles. The van der Waals surface area contributed by atoms with E-state index in [0.717, 1.165) is 4.05 Å². The van der Waals surface area contributed by atoms with Crippen LogP contribution in [0.3, 0.4) is 0 Å². The Hall–Kier alpha value is 0.690. The Morgan fingerprint density at radius 2 is 0.750 bits per heavy atom. The zero-order valence-corrected chi connectivity index (χ0v) is 27.5. The van der Waals surface area contributed by atoms with Crippen LogP contribution in [-0.2, 0) is 0 Å². The van der Waals surface area contributed by atoms with Crippen LogP contribution in [0, 0.1) is 0 Å². The number of alkyl halides is 1. The molecule has 1 unspecified atom stereocenters. The number of rotatable bonds is 28. The molecule has 0 aromatic rings. The van der Waals surface area contributed by atoms with Crippen LogP contribution in [0.5, 0.6) is 0 Å². The summed E-state index contributed by atoms with van der Waals surface area (Å²) in [5, 5.41) is 0. The Morgan fingerprint density at radius 3 is 1.11 bits per heavy atom. The molecule has 216 valence electrons. The second-order valence-electron chi connectivity index (χ2n) is 12.5. The number of likely N-dealkylation sites (tertiary alicyclic amines) is 1. The summed E-state index contributed by atoms with van der Waals surface area (Å²) in [6.07, 6.45) is 41.2. The normalized spacial score (nSPS) is 16.1. The van der Waals surface area contributed by atoms with Crippen molar-refractivity contribution in [3.63, 3.8) is 0 Å². The monoisotopic (exact) mass is 618 g/mol. The van der Waals surface area contributed by atoms with Crippen molar-refractivity contribution in [3.8, 4) is 0 Å². The average Bonchev–Trinajstić information content (AvgIpc) is 3.37. The van der Waals surface area contributed by atoms with E-state index in [0.29, 0.717) is 0 Å². The zero-order chi connectivity index (χ0) is 26.0. The van der Waals surface area contributed by atoms with Gasteiger partial charge in [-0.05, 0) is 41.9 Å². The highest BCUT2D eigenvalue weighted by molar-refractivity contribution is 14.1. The fraction of sp³-hybridized carbons (Fsp3) is 1.00. The molecule has 1 rings (SSSR count). The second kappa shape index (κ2) is 25.9. The van der Waals surface area contributed by atoms with E-state index in [1.54, 1.807) is 0 Å². The number of hydrogen-bond acceptors (Lipinski definition) is 0. The molecule has 0 aromatic heterocycles. The summed E-state index contributed by atoms with van der Waals surface area (Å²) in [4.78, 5) is 0. The molecule has 1 nitrogen and oxygen atoms in total. The first-order valence-corrected chi connectivity index (χ1v) is 18.5. The van der Waals surface area contributed by atoms with Crippen LogP contribution in [0.1, 0.15) is 194 Å². The zero-order valence-electron chi connectivity index (χ0n) is 25.3. The molecule has 0 amide bonds. The third-order valence-electron chi connectivity index (χ3n) is 9.05. The van der Waals surface area contributed by atoms with E-state index in [2.05, 4.69) is 36.4 Å². The maximum atomic E-state index is 2.86. The summed E-state index contributed by atoms with van der Waals surface area (Å²) >= 11 is 2.86. The van der Waals surface area contributed by atoms with E-state index in [1.807, 2.05) is 0 Å². The largest absolute Gasteiger partial charge is 0.313 e. The molecule has 1 aliphatic rings. The minimum absolute atomic E-state index is 0.880. The van der Waals surface area contributed by atoms with Crippen molar-refractivity contribution in [3.05, 3.63) is 0 Å². The fourth-order valence-corrected chi connectivity index (χ4v) is 7.76. The maximum absolute atomic E-state index is 2.86. The van der Waals surface area contributed by atoms with Crippen molar-refractivity contribution in [2.75, 3.05) is 19.6 Å². The molecule has 0 saturated carbocycles. The van der Waals surface area contributed by atoms with Gasteiger partial charge in [-0.2, -0.15) is 0 Å². The number of nitrogens with zero attached hydrogens (tertiary/aromatic N) is 1. The van der Waals surface area contributed by atoms with E-state index < -0.39 is 0 Å². The summed E-state index contributed by atoms with van der Waals surface area (Å²) in [6, 6.07) is 0. The first-order valence-electron chi connectivity index (χ1n) is 17.2. The lowest BCUT2D eigenvalue weighted by atomic mass is 10.0. The standard InChI is InChI=1S/C34H69IN/c1-3-5-7-9-11-13-15-16-17-19-21-23-25-27-31-36(32-28-29-33-36)34(35)30-26-24-22-20-18-14-12-10-8-6-4-2/h34H,3-33H2,1-2H3/q+1. The van der Waals surface area contributed by atoms with Crippen molar-refractivity contribution in [2.45, 2.75) is 198 Å². The van der Waals surface area contributed by atoms with Gasteiger partial charge in [-0.15, -0.1) is 0 Å². The van der Waals surface area contributed by atoms with Gasteiger partial charge in [0.15, 0.2) is 0 Å². The molecule has 36 heavy (non-hydrogen) atoms. The molecule has 0 radical (unpaired) electrons. The van der Waals surface area contributed by atoms with Gasteiger partial charge in [-0.3, -0.25) is 0 Å². The van der Waals surface area contributed by atoms with Crippen molar-refractivity contribution >= 4 is 22.6 Å². The summed E-state index contributed by atoms with van der Waals surface area (Å²) in [6.45, 7) is 9.05. The van der Waals surface area contributed by atoms with Crippen molar-refractivity contribution in [1.29, 1.82) is 0 Å². The summed E-state index contributed by atoms with van der Waals surface area (Å²) in [7, 11) is 0. The van der Waals surface area contributed by atoms with Gasteiger partial charge in [-0.25, -0.2) is 0 Å². The van der Waals surface area contributed by atoms with Crippen LogP contribution in [0.25, 0.3) is 0 Å². The van der Waals surface area contributed by atoms with E-state index >= 15 is 0 Å². The van der Waals surface area contributed by atoms with Crippen LogP contribution in [0.4, 0.5) is 0 Å². The van der Waals surface area contributed by atoms with Gasteiger partial charge in [-0.1, -0.05) is 155 Å². The highest BCUT2D eigenvalue weighted by Crippen LogP contribution is 2.32. The SMILES string of the molecule is CCCCCCCCCCCCCCCC[N+]1(C(I)CCCCCCCCCCCCC)CCCC1. The quantitative estimate of drug-likeness (QED) is 0.0269. The van der Waals surface area contributed by atoms with Gasteiger partial charge in [0.2, 0.25) is 0 Å². The summed E-state index contributed by atoms with van der Waals surface area (Å²) < 4.78 is 2.35. The van der Waals surface area contributed by atoms with Crippen LogP contribution < -0.4 is 0 Å². The number of hydrogen-bond donors (Lipinski definition) is 0. The van der Waals surface area contributed by atoms with E-state index in [9.17, 15) is 0 Å². The van der Waals surface area contributed by atoms with Crippen molar-refractivity contribution in [2.24, 2.45) is 0 Å². The molecule has 1 atom stereocenters. The van der Waals surface area contributed by atoms with Crippen molar-refractivity contribution in [1.82, 2.24) is 0 Å². The number of unbranched alkanes of at least 4 members (excludes halogenated alkanes) is 23. The molecule has 1 aliphatic heterocycles. The predicted octanol–water partition coefficient (Wildman–Crippen LogP) is 12.5. The molecule has 2 heteroatoms. The first kappa shape index (κ1) is 34.7. The lowest BCUT2D eigenvalue weighted by Crippen LogP contribution is -2.51. The maximum Gasteiger partial charge on any atom is 0.139 e. The highest BCUT2D eigenvalue weighted by Gasteiger charge is 2.37. The minimum atomic E-state index is 0.880. The lowest BCUT2D eigenvalue weighted by molar-refractivity contribution is -0.923. The Balaban J connectivity index is 1.97. The van der Waals surface area contributed by atoms with E-state index in [1.165, 1.54) is 204 Å². The van der Waals surface area contributed by atoms with Gasteiger partial charge in [0.1, 0.15) is 4.05 Å². The van der Waals surface area contributed by atoms with Gasteiger partial charge < -0.3 is 4.48 Å². The molecule has 1 saturated heterocycles. The molecule has 0 aromatic carbocycles. The Bertz CT molecular complexity index is 431. The van der Waals surface area contributed by atoms with E-state index in [4.69, 9.17) is 0 Å². The lowest BCUT2D eigenvalue weighted by Gasteiger charge is -2.39. The predicted molar refractivity (Wildman–Crippen MR) is 173 cm³/mol. The average molecular weight is 619 g/mol. The Kier molecular flexibility index (Phi) is 25.0. The number of halogens is 1. The molecule has 0 N–H and O–H groups in total. The second-order valence-corrected chi connectivity index (χ2v) is 13.9. The van der Waals surface area contributed by atoms with Gasteiger partial charge in [0.25, 0.3) is 0 Å². The molecule has 1 fully saturated rings. The molecular formula is C34H69IN+. The Labute approximate surface area is 243 Å². The van der Waals surface area contributed by atoms with E-state index in [-0.39, 0.29) is 0 Å². The summed E-state index contributed by atoms with van der Waals surface area (Å²) in [5.41, 5.74) is 0. The Morgan fingerprint density at radius 1 is 0.444 bits per heavy atom. The summed E-state index contributed by atoms with van der Waals surface area (Å²) in [5.74, 6) is 0. The third-order valence-corrected chi connectivity index (χ3v) is 10.9. The molecule has 0 bridgehead atoms. The minimum Gasteiger partial charge on any atom is -0.313 e. The topological polar surface area (TPSA) is 0 Å².